The van der Waals surface area contributed by atoms with E-state index >= 15 is 0 Å². The Hall–Kier alpha value is -2.17. The first-order valence-corrected chi connectivity index (χ1v) is 13.8. The van der Waals surface area contributed by atoms with Crippen molar-refractivity contribution < 1.29 is 4.79 Å². The average molecular weight is 476 g/mol. The number of carbonyl (C=O) groups excluding carboxylic acids is 1. The van der Waals surface area contributed by atoms with E-state index in [-0.39, 0.29) is 16.7 Å². The quantitative estimate of drug-likeness (QED) is 0.313. The van der Waals surface area contributed by atoms with Crippen LogP contribution in [0, 0.1) is 5.92 Å². The molecule has 1 fully saturated rings. The summed E-state index contributed by atoms with van der Waals surface area (Å²) in [5.41, 5.74) is 3.87. The van der Waals surface area contributed by atoms with Crippen LogP contribution in [-0.2, 0) is 22.8 Å². The van der Waals surface area contributed by atoms with Gasteiger partial charge in [-0.2, -0.15) is 11.8 Å². The molecule has 0 N–H and O–H groups in total. The molecule has 33 heavy (non-hydrogen) atoms. The summed E-state index contributed by atoms with van der Waals surface area (Å²) in [5, 5.41) is 0. The zero-order valence-corrected chi connectivity index (χ0v) is 21.2. The van der Waals surface area contributed by atoms with E-state index in [0.717, 1.165) is 23.7 Å². The molecule has 0 radical (unpaired) electrons. The van der Waals surface area contributed by atoms with Crippen molar-refractivity contribution in [3.63, 3.8) is 0 Å². The second-order valence-electron chi connectivity index (χ2n) is 9.28. The van der Waals surface area contributed by atoms with Gasteiger partial charge >= 0.3 is 0 Å². The van der Waals surface area contributed by atoms with Crippen molar-refractivity contribution >= 4 is 29.4 Å². The lowest BCUT2D eigenvalue weighted by atomic mass is 9.97. The zero-order chi connectivity index (χ0) is 23.1. The molecule has 2 atom stereocenters. The van der Waals surface area contributed by atoms with Crippen molar-refractivity contribution in [2.24, 2.45) is 5.92 Å². The summed E-state index contributed by atoms with van der Waals surface area (Å²) in [6.07, 6.45) is 0.933. The highest BCUT2D eigenvalue weighted by molar-refractivity contribution is 7.99. The molecule has 0 aliphatic carbocycles. The second-order valence-corrected chi connectivity index (χ2v) is 11.9. The van der Waals surface area contributed by atoms with Gasteiger partial charge in [0.15, 0.2) is 0 Å². The van der Waals surface area contributed by atoms with E-state index < -0.39 is 0 Å². The molecule has 1 heterocycles. The van der Waals surface area contributed by atoms with Crippen LogP contribution in [0.4, 0.5) is 0 Å². The minimum absolute atomic E-state index is 0.0286. The summed E-state index contributed by atoms with van der Waals surface area (Å²) >= 11 is 3.85. The summed E-state index contributed by atoms with van der Waals surface area (Å²) in [4.78, 5) is 15.8. The number of hydrogen-bond donors (Lipinski definition) is 0. The molecular formula is C29H33NOS2. The van der Waals surface area contributed by atoms with Crippen LogP contribution in [0.15, 0.2) is 91.0 Å². The zero-order valence-electron chi connectivity index (χ0n) is 19.5. The van der Waals surface area contributed by atoms with Gasteiger partial charge in [-0.15, -0.1) is 11.8 Å². The molecular weight excluding hydrogens is 442 g/mol. The number of benzene rings is 3. The van der Waals surface area contributed by atoms with Crippen molar-refractivity contribution in [3.05, 3.63) is 108 Å². The summed E-state index contributed by atoms with van der Waals surface area (Å²) in [5.74, 6) is 3.21. The highest BCUT2D eigenvalue weighted by atomic mass is 32.2. The van der Waals surface area contributed by atoms with Gasteiger partial charge < -0.3 is 4.90 Å². The Morgan fingerprint density at radius 3 is 1.88 bits per heavy atom. The van der Waals surface area contributed by atoms with E-state index in [4.69, 9.17) is 0 Å². The summed E-state index contributed by atoms with van der Waals surface area (Å²) in [6.45, 7) is 5.32. The Kier molecular flexibility index (Phi) is 8.21. The molecule has 0 saturated carbocycles. The van der Waals surface area contributed by atoms with Gasteiger partial charge in [-0.05, 0) is 37.0 Å². The van der Waals surface area contributed by atoms with Gasteiger partial charge in [0.1, 0.15) is 0 Å². The van der Waals surface area contributed by atoms with Crippen LogP contribution in [0.3, 0.4) is 0 Å². The van der Waals surface area contributed by atoms with Crippen molar-refractivity contribution in [1.82, 2.24) is 4.90 Å². The minimum Gasteiger partial charge on any atom is -0.334 e. The predicted octanol–water partition coefficient (Wildman–Crippen LogP) is 7.05. The van der Waals surface area contributed by atoms with E-state index in [2.05, 4.69) is 104 Å². The van der Waals surface area contributed by atoms with Gasteiger partial charge in [0.2, 0.25) is 5.91 Å². The largest absolute Gasteiger partial charge is 0.334 e. The van der Waals surface area contributed by atoms with Gasteiger partial charge in [-0.1, -0.05) is 91.0 Å². The molecule has 2 nitrogen and oxygen atoms in total. The minimum atomic E-state index is -0.0286. The van der Waals surface area contributed by atoms with Crippen LogP contribution in [-0.4, -0.2) is 27.3 Å². The van der Waals surface area contributed by atoms with Crippen molar-refractivity contribution in [2.75, 3.05) is 5.75 Å². The molecule has 4 heteroatoms. The topological polar surface area (TPSA) is 20.3 Å². The number of carbonyl (C=O) groups is 1. The summed E-state index contributed by atoms with van der Waals surface area (Å²) < 4.78 is -0.0286. The lowest BCUT2D eigenvalue weighted by molar-refractivity contribution is -0.132. The lowest BCUT2D eigenvalue weighted by Gasteiger charge is -2.37. The SMILES string of the molecule is CC(C)(SCc1ccccc1)[C@H]1C[C@@H](CSCc2ccccc2)C(=O)N1Cc1ccccc1. The number of amides is 1. The Labute approximate surface area is 207 Å². The highest BCUT2D eigenvalue weighted by Crippen LogP contribution is 2.42. The van der Waals surface area contributed by atoms with Crippen molar-refractivity contribution in [3.8, 4) is 0 Å². The van der Waals surface area contributed by atoms with Crippen molar-refractivity contribution in [1.29, 1.82) is 0 Å². The molecule has 0 unspecified atom stereocenters. The molecule has 4 rings (SSSR count). The van der Waals surface area contributed by atoms with E-state index in [1.807, 2.05) is 29.6 Å². The van der Waals surface area contributed by atoms with E-state index in [1.54, 1.807) is 0 Å². The highest BCUT2D eigenvalue weighted by Gasteiger charge is 2.46. The normalized spacial score (nSPS) is 18.6. The fourth-order valence-electron chi connectivity index (χ4n) is 4.49. The van der Waals surface area contributed by atoms with Crippen LogP contribution in [0.25, 0.3) is 0 Å². The first-order valence-electron chi connectivity index (χ1n) is 11.7. The maximum Gasteiger partial charge on any atom is 0.227 e. The first-order chi connectivity index (χ1) is 16.0. The fraction of sp³-hybridized carbons (Fsp3) is 0.345. The van der Waals surface area contributed by atoms with E-state index in [0.29, 0.717) is 12.5 Å². The van der Waals surface area contributed by atoms with Gasteiger partial charge in [0.25, 0.3) is 0 Å². The smallest absolute Gasteiger partial charge is 0.227 e. The van der Waals surface area contributed by atoms with Crippen molar-refractivity contribution in [2.45, 2.75) is 49.1 Å². The Morgan fingerprint density at radius 1 is 0.788 bits per heavy atom. The molecule has 3 aromatic rings. The number of rotatable bonds is 10. The van der Waals surface area contributed by atoms with Gasteiger partial charge in [0, 0.05) is 40.5 Å². The third-order valence-corrected chi connectivity index (χ3v) is 9.07. The predicted molar refractivity (Wildman–Crippen MR) is 143 cm³/mol. The average Bonchev–Trinajstić information content (AvgIpc) is 3.16. The standard InChI is InChI=1S/C29H33NOS2/c1-29(2,33-21-25-16-10-5-11-17-25)27-18-26(22-32-20-24-14-8-4-9-15-24)28(31)30(27)19-23-12-6-3-7-13-23/h3-17,26-27H,18-22H2,1-2H3/t26-,27+/m0/s1. The Bertz CT molecular complexity index is 1010. The maximum absolute atomic E-state index is 13.6. The van der Waals surface area contributed by atoms with Gasteiger partial charge in [0.05, 0.1) is 0 Å². The van der Waals surface area contributed by atoms with E-state index in [1.165, 1.54) is 16.7 Å². The van der Waals surface area contributed by atoms with E-state index in [9.17, 15) is 4.79 Å². The lowest BCUT2D eigenvalue weighted by Crippen LogP contribution is -2.45. The Balaban J connectivity index is 1.46. The molecule has 1 aliphatic rings. The molecule has 1 aliphatic heterocycles. The molecule has 1 saturated heterocycles. The first kappa shape index (κ1) is 24.0. The third-order valence-electron chi connectivity index (χ3n) is 6.40. The second kappa shape index (κ2) is 11.3. The fourth-order valence-corrected chi connectivity index (χ4v) is 6.74. The molecule has 0 aromatic heterocycles. The van der Waals surface area contributed by atoms with Crippen LogP contribution in [0.1, 0.15) is 37.0 Å². The van der Waals surface area contributed by atoms with Crippen LogP contribution in [0.5, 0.6) is 0 Å². The molecule has 1 amide bonds. The molecule has 3 aromatic carbocycles. The number of likely N-dealkylation sites (tertiary alicyclic amines) is 1. The maximum atomic E-state index is 13.6. The van der Waals surface area contributed by atoms with Gasteiger partial charge in [-0.3, -0.25) is 4.79 Å². The molecule has 0 spiro atoms. The molecule has 172 valence electrons. The number of thioether (sulfide) groups is 2. The summed E-state index contributed by atoms with van der Waals surface area (Å²) in [6, 6.07) is 31.8. The van der Waals surface area contributed by atoms with Crippen LogP contribution in [0.2, 0.25) is 0 Å². The van der Waals surface area contributed by atoms with Gasteiger partial charge in [-0.25, -0.2) is 0 Å². The monoisotopic (exact) mass is 475 g/mol. The van der Waals surface area contributed by atoms with Crippen LogP contribution >= 0.6 is 23.5 Å². The number of nitrogens with zero attached hydrogens (tertiary/aromatic N) is 1. The number of hydrogen-bond acceptors (Lipinski definition) is 3. The third kappa shape index (κ3) is 6.45. The van der Waals surface area contributed by atoms with Crippen LogP contribution < -0.4 is 0 Å². The Morgan fingerprint density at radius 2 is 1.30 bits per heavy atom. The summed E-state index contributed by atoms with van der Waals surface area (Å²) in [7, 11) is 0. The molecule has 0 bridgehead atoms.